The van der Waals surface area contributed by atoms with Gasteiger partial charge in [0.1, 0.15) is 0 Å². The van der Waals surface area contributed by atoms with E-state index in [4.69, 9.17) is 0 Å². The lowest BCUT2D eigenvalue weighted by Gasteiger charge is -2.28. The van der Waals surface area contributed by atoms with Crippen LogP contribution in [0.25, 0.3) is 44.3 Å². The second-order valence-corrected chi connectivity index (χ2v) is 23.0. The standard InChI is InChI=1S/C82H68N6/c1-57-27-33-71(34-28-57)87(77-49-45-73(46-50-77)85(65-19-11-7-12-20-65)66-21-13-8-14-22-66)75-41-37-69(38-42-75)83-61(5)59(3)79-55-63(31-53-81(79)83)64-32-54-82-80(56-64)60(4)62(6)84(82)70-39-43-76(44-40-70)88(72-35-29-58(2)30-36-72)78-51-47-74(48-52-78)86(67-23-15-9-16-24-67)68-25-17-10-18-26-68/h7-56H,1-6H3. The summed E-state index contributed by atoms with van der Waals surface area (Å²) in [6.07, 6.45) is 0. The fourth-order valence-corrected chi connectivity index (χ4v) is 12.7. The van der Waals surface area contributed by atoms with Gasteiger partial charge in [-0.05, 0) is 258 Å². The van der Waals surface area contributed by atoms with Crippen molar-refractivity contribution < 1.29 is 0 Å². The maximum atomic E-state index is 2.41. The Labute approximate surface area is 516 Å². The number of aryl methyl sites for hydroxylation is 4. The molecular formula is C82H68N6. The third kappa shape index (κ3) is 10.3. The van der Waals surface area contributed by atoms with Gasteiger partial charge in [0.05, 0.1) is 11.0 Å². The molecule has 6 nitrogen and oxygen atoms in total. The van der Waals surface area contributed by atoms with Crippen molar-refractivity contribution in [3.63, 3.8) is 0 Å². The van der Waals surface area contributed by atoms with Crippen molar-refractivity contribution >= 4 is 90.1 Å². The zero-order valence-corrected chi connectivity index (χ0v) is 50.6. The quantitative estimate of drug-likeness (QED) is 0.102. The monoisotopic (exact) mass is 1140 g/mol. The van der Waals surface area contributed by atoms with Gasteiger partial charge in [-0.15, -0.1) is 0 Å². The molecule has 0 aliphatic heterocycles. The van der Waals surface area contributed by atoms with E-state index in [0.29, 0.717) is 0 Å². The summed E-state index contributed by atoms with van der Waals surface area (Å²) >= 11 is 0. The van der Waals surface area contributed by atoms with E-state index < -0.39 is 0 Å². The molecule has 0 aliphatic rings. The first kappa shape index (κ1) is 54.8. The van der Waals surface area contributed by atoms with Crippen LogP contribution in [0, 0.1) is 41.5 Å². The zero-order chi connectivity index (χ0) is 59.8. The number of nitrogens with zero attached hydrogens (tertiary/aromatic N) is 6. The molecule has 0 fully saturated rings. The van der Waals surface area contributed by atoms with E-state index in [-0.39, 0.29) is 0 Å². The number of benzene rings is 12. The van der Waals surface area contributed by atoms with Crippen molar-refractivity contribution in [3.8, 4) is 22.5 Å². The minimum absolute atomic E-state index is 1.08. The van der Waals surface area contributed by atoms with Crippen molar-refractivity contribution in [2.75, 3.05) is 19.6 Å². The average molecular weight is 1140 g/mol. The highest BCUT2D eigenvalue weighted by atomic mass is 15.2. The molecule has 0 radical (unpaired) electrons. The molecule has 426 valence electrons. The predicted octanol–water partition coefficient (Wildman–Crippen LogP) is 23.0. The van der Waals surface area contributed by atoms with Gasteiger partial charge in [-0.1, -0.05) is 120 Å². The Balaban J connectivity index is 0.745. The van der Waals surface area contributed by atoms with E-state index in [9.17, 15) is 0 Å². The maximum Gasteiger partial charge on any atom is 0.0534 e. The van der Waals surface area contributed by atoms with Crippen LogP contribution in [0.3, 0.4) is 0 Å². The van der Waals surface area contributed by atoms with Crippen LogP contribution < -0.4 is 19.6 Å². The number of hydrogen-bond donors (Lipinski definition) is 0. The smallest absolute Gasteiger partial charge is 0.0534 e. The molecule has 0 atom stereocenters. The molecule has 0 unspecified atom stereocenters. The Hall–Kier alpha value is -11.1. The van der Waals surface area contributed by atoms with Gasteiger partial charge in [0.25, 0.3) is 0 Å². The largest absolute Gasteiger partial charge is 0.314 e. The van der Waals surface area contributed by atoms with Gasteiger partial charge >= 0.3 is 0 Å². The predicted molar refractivity (Wildman–Crippen MR) is 373 cm³/mol. The van der Waals surface area contributed by atoms with Crippen molar-refractivity contribution in [1.82, 2.24) is 9.13 Å². The van der Waals surface area contributed by atoms with Gasteiger partial charge in [0, 0.05) is 102 Å². The molecule has 14 rings (SSSR count). The summed E-state index contributed by atoms with van der Waals surface area (Å²) in [6.45, 7) is 13.3. The van der Waals surface area contributed by atoms with E-state index >= 15 is 0 Å². The first-order chi connectivity index (χ1) is 43.1. The maximum absolute atomic E-state index is 2.41. The number of aromatic nitrogens is 2. The second kappa shape index (κ2) is 23.4. The van der Waals surface area contributed by atoms with Crippen molar-refractivity contribution in [1.29, 1.82) is 0 Å². The highest BCUT2D eigenvalue weighted by molar-refractivity contribution is 5.95. The van der Waals surface area contributed by atoms with Gasteiger partial charge in [-0.25, -0.2) is 0 Å². The summed E-state index contributed by atoms with van der Waals surface area (Å²) in [5, 5.41) is 2.51. The van der Waals surface area contributed by atoms with Crippen LogP contribution in [0.2, 0.25) is 0 Å². The molecule has 0 aliphatic carbocycles. The third-order valence-corrected chi connectivity index (χ3v) is 17.5. The molecule has 0 saturated carbocycles. The highest BCUT2D eigenvalue weighted by Gasteiger charge is 2.22. The third-order valence-electron chi connectivity index (χ3n) is 17.5. The molecule has 0 spiro atoms. The van der Waals surface area contributed by atoms with Crippen LogP contribution in [0.4, 0.5) is 68.2 Å². The van der Waals surface area contributed by atoms with Gasteiger partial charge in [0.15, 0.2) is 0 Å². The average Bonchev–Trinajstić information content (AvgIpc) is 1.79. The molecule has 2 heterocycles. The lowest BCUT2D eigenvalue weighted by Crippen LogP contribution is -2.12. The Morgan fingerprint density at radius 3 is 0.682 bits per heavy atom. The molecule has 88 heavy (non-hydrogen) atoms. The minimum atomic E-state index is 1.08. The van der Waals surface area contributed by atoms with Crippen LogP contribution in [0.1, 0.15) is 33.6 Å². The highest BCUT2D eigenvalue weighted by Crippen LogP contribution is 2.43. The number of para-hydroxylation sites is 4. The lowest BCUT2D eigenvalue weighted by molar-refractivity contribution is 1.04. The fraction of sp³-hybridized carbons (Fsp3) is 0.0732. The van der Waals surface area contributed by atoms with Crippen LogP contribution in [-0.4, -0.2) is 9.13 Å². The summed E-state index contributed by atoms with van der Waals surface area (Å²) < 4.78 is 4.82. The topological polar surface area (TPSA) is 22.8 Å². The van der Waals surface area contributed by atoms with Crippen LogP contribution in [0.15, 0.2) is 303 Å². The first-order valence-corrected chi connectivity index (χ1v) is 30.3. The van der Waals surface area contributed by atoms with Gasteiger partial charge in [-0.3, -0.25) is 0 Å². The van der Waals surface area contributed by atoms with E-state index in [1.807, 2.05) is 0 Å². The van der Waals surface area contributed by atoms with E-state index in [1.54, 1.807) is 0 Å². The molecule has 0 amide bonds. The van der Waals surface area contributed by atoms with Crippen LogP contribution in [0.5, 0.6) is 0 Å². The van der Waals surface area contributed by atoms with E-state index in [2.05, 4.69) is 374 Å². The van der Waals surface area contributed by atoms with E-state index in [1.165, 1.54) is 66.6 Å². The number of rotatable bonds is 15. The van der Waals surface area contributed by atoms with Crippen LogP contribution in [-0.2, 0) is 0 Å². The van der Waals surface area contributed by atoms with Gasteiger partial charge in [-0.2, -0.15) is 0 Å². The molecule has 14 aromatic rings. The van der Waals surface area contributed by atoms with Gasteiger partial charge < -0.3 is 28.7 Å². The summed E-state index contributed by atoms with van der Waals surface area (Å²) in [7, 11) is 0. The molecule has 0 bridgehead atoms. The first-order valence-electron chi connectivity index (χ1n) is 30.3. The summed E-state index contributed by atoms with van der Waals surface area (Å²) in [6, 6.07) is 110. The lowest BCUT2D eigenvalue weighted by atomic mass is 10.00. The zero-order valence-electron chi connectivity index (χ0n) is 50.6. The fourth-order valence-electron chi connectivity index (χ4n) is 12.7. The van der Waals surface area contributed by atoms with E-state index in [0.717, 1.165) is 79.6 Å². The van der Waals surface area contributed by atoms with Gasteiger partial charge in [0.2, 0.25) is 0 Å². The minimum Gasteiger partial charge on any atom is -0.314 e. The summed E-state index contributed by atoms with van der Waals surface area (Å²) in [4.78, 5) is 9.30. The number of fused-ring (bicyclic) bond motifs is 2. The number of anilines is 12. The normalized spacial score (nSPS) is 11.3. The molecule has 2 aromatic heterocycles. The Kier molecular flexibility index (Phi) is 14.6. The Morgan fingerprint density at radius 2 is 0.432 bits per heavy atom. The molecular weight excluding hydrogens is 1070 g/mol. The molecule has 0 N–H and O–H groups in total. The van der Waals surface area contributed by atoms with Crippen LogP contribution >= 0.6 is 0 Å². The summed E-state index contributed by atoms with van der Waals surface area (Å²) in [5.74, 6) is 0. The number of hydrogen-bond acceptors (Lipinski definition) is 4. The SMILES string of the molecule is Cc1ccc(N(c2ccc(N(c3ccccc3)c3ccccc3)cc2)c2ccc(-n3c(C)c(C)c4cc(-c5ccc6c(c5)c(C)c(C)n6-c5ccc(N(c6ccc(C)cc6)c6ccc(N(c7ccccc7)c7ccccc7)cc6)cc5)ccc43)cc2)cc1. The Morgan fingerprint density at radius 1 is 0.216 bits per heavy atom. The van der Waals surface area contributed by atoms with Crippen molar-refractivity contribution in [2.24, 2.45) is 0 Å². The van der Waals surface area contributed by atoms with Crippen molar-refractivity contribution in [3.05, 3.63) is 337 Å². The van der Waals surface area contributed by atoms with Crippen molar-refractivity contribution in [2.45, 2.75) is 41.5 Å². The molecule has 12 aromatic carbocycles. The summed E-state index contributed by atoms with van der Waals surface area (Å²) in [5.41, 5.74) is 27.7. The Bertz CT molecular complexity index is 4340. The molecule has 6 heteroatoms. The second-order valence-electron chi connectivity index (χ2n) is 23.0. The molecule has 0 saturated heterocycles.